The number of benzene rings is 1. The summed E-state index contributed by atoms with van der Waals surface area (Å²) >= 11 is 0. The van der Waals surface area contributed by atoms with Crippen molar-refractivity contribution in [1.29, 1.82) is 0 Å². The van der Waals surface area contributed by atoms with Gasteiger partial charge >= 0.3 is 5.97 Å². The molecule has 1 saturated heterocycles. The fourth-order valence-corrected chi connectivity index (χ4v) is 3.06. The average Bonchev–Trinajstić information content (AvgIpc) is 2.54. The van der Waals surface area contributed by atoms with Gasteiger partial charge in [0.2, 0.25) is 0 Å². The first-order chi connectivity index (χ1) is 11.3. The molecular weight excluding hydrogens is 312 g/mol. The second-order valence-electron chi connectivity index (χ2n) is 6.23. The Bertz CT molecular complexity index is 618. The van der Waals surface area contributed by atoms with Gasteiger partial charge in [-0.25, -0.2) is 4.79 Å². The predicted octanol–water partition coefficient (Wildman–Crippen LogP) is 2.93. The third kappa shape index (κ3) is 3.90. The van der Waals surface area contributed by atoms with Crippen LogP contribution in [0.25, 0.3) is 0 Å². The maximum absolute atomic E-state index is 12.6. The Balaban J connectivity index is 2.02. The molecule has 1 heterocycles. The highest BCUT2D eigenvalue weighted by molar-refractivity contribution is 5.92. The molecule has 1 aliphatic heterocycles. The van der Waals surface area contributed by atoms with E-state index < -0.39 is 17.0 Å². The zero-order valence-electron chi connectivity index (χ0n) is 14.1. The van der Waals surface area contributed by atoms with E-state index in [0.717, 1.165) is 19.3 Å². The number of hydrogen-bond donors (Lipinski definition) is 0. The molecule has 0 bridgehead atoms. The molecule has 1 aromatic carbocycles. The largest absolute Gasteiger partial charge is 0.449 e. The Labute approximate surface area is 140 Å². The fraction of sp³-hybridized carbons (Fsp3) is 0.529. The zero-order valence-corrected chi connectivity index (χ0v) is 14.1. The van der Waals surface area contributed by atoms with Crippen LogP contribution in [0.3, 0.4) is 0 Å². The van der Waals surface area contributed by atoms with Crippen LogP contribution >= 0.6 is 0 Å². The third-order valence-electron chi connectivity index (χ3n) is 4.39. The number of carbonyl (C=O) groups excluding carboxylic acids is 2. The van der Waals surface area contributed by atoms with Gasteiger partial charge in [-0.2, -0.15) is 0 Å². The highest BCUT2D eigenvalue weighted by atomic mass is 16.6. The SMILES string of the molecule is C[C@@H]1CCC[C@H](C)N1C(=O)[C@@H](C)OC(=O)c1ccc([N+](=O)[O-])cc1. The lowest BCUT2D eigenvalue weighted by Gasteiger charge is -2.40. The minimum Gasteiger partial charge on any atom is -0.449 e. The van der Waals surface area contributed by atoms with Gasteiger partial charge in [0.1, 0.15) is 0 Å². The van der Waals surface area contributed by atoms with Crippen molar-refractivity contribution in [2.24, 2.45) is 0 Å². The topological polar surface area (TPSA) is 89.8 Å². The molecule has 1 aliphatic rings. The van der Waals surface area contributed by atoms with Crippen LogP contribution in [0.15, 0.2) is 24.3 Å². The van der Waals surface area contributed by atoms with Gasteiger partial charge < -0.3 is 9.64 Å². The first kappa shape index (κ1) is 17.9. The molecule has 0 aromatic heterocycles. The predicted molar refractivity (Wildman–Crippen MR) is 87.6 cm³/mol. The van der Waals surface area contributed by atoms with Crippen LogP contribution in [0.2, 0.25) is 0 Å². The van der Waals surface area contributed by atoms with Gasteiger partial charge in [0.05, 0.1) is 10.5 Å². The summed E-state index contributed by atoms with van der Waals surface area (Å²) < 4.78 is 5.25. The van der Waals surface area contributed by atoms with Crippen molar-refractivity contribution >= 4 is 17.6 Å². The van der Waals surface area contributed by atoms with E-state index in [0.29, 0.717) is 0 Å². The Morgan fingerprint density at radius 2 is 1.75 bits per heavy atom. The number of piperidine rings is 1. The van der Waals surface area contributed by atoms with Crippen LogP contribution in [0.4, 0.5) is 5.69 Å². The molecular formula is C17H22N2O5. The summed E-state index contributed by atoms with van der Waals surface area (Å²) in [6.45, 7) is 5.55. The highest BCUT2D eigenvalue weighted by Crippen LogP contribution is 2.24. The van der Waals surface area contributed by atoms with Crippen LogP contribution in [-0.2, 0) is 9.53 Å². The van der Waals surface area contributed by atoms with E-state index in [9.17, 15) is 19.7 Å². The molecule has 0 N–H and O–H groups in total. The van der Waals surface area contributed by atoms with Gasteiger partial charge in [-0.1, -0.05) is 0 Å². The summed E-state index contributed by atoms with van der Waals surface area (Å²) in [6.07, 6.45) is 2.08. The minimum absolute atomic E-state index is 0.105. The molecule has 24 heavy (non-hydrogen) atoms. The van der Waals surface area contributed by atoms with Crippen LogP contribution < -0.4 is 0 Å². The summed E-state index contributed by atoms with van der Waals surface area (Å²) in [7, 11) is 0. The standard InChI is InChI=1S/C17H22N2O5/c1-11-5-4-6-12(2)18(11)16(20)13(3)24-17(21)14-7-9-15(10-8-14)19(22)23/h7-13H,4-6H2,1-3H3/t11-,12+,13-/m1/s1. The van der Waals surface area contributed by atoms with Gasteiger partial charge in [-0.05, 0) is 52.2 Å². The summed E-state index contributed by atoms with van der Waals surface area (Å²) in [5.41, 5.74) is 0.0756. The summed E-state index contributed by atoms with van der Waals surface area (Å²) in [4.78, 5) is 36.6. The quantitative estimate of drug-likeness (QED) is 0.480. The number of carbonyl (C=O) groups is 2. The van der Waals surface area contributed by atoms with Gasteiger partial charge in [0, 0.05) is 24.2 Å². The number of non-ortho nitro benzene ring substituents is 1. The third-order valence-corrected chi connectivity index (χ3v) is 4.39. The molecule has 7 heteroatoms. The lowest BCUT2D eigenvalue weighted by molar-refractivity contribution is -0.384. The molecule has 0 aliphatic carbocycles. The van der Waals surface area contributed by atoms with E-state index >= 15 is 0 Å². The van der Waals surface area contributed by atoms with Gasteiger partial charge in [-0.3, -0.25) is 14.9 Å². The Morgan fingerprint density at radius 1 is 1.21 bits per heavy atom. The fourth-order valence-electron chi connectivity index (χ4n) is 3.06. The summed E-state index contributed by atoms with van der Waals surface area (Å²) in [5.74, 6) is -0.868. The van der Waals surface area contributed by atoms with Crippen molar-refractivity contribution in [2.75, 3.05) is 0 Å². The number of nitro groups is 1. The monoisotopic (exact) mass is 334 g/mol. The number of likely N-dealkylation sites (tertiary alicyclic amines) is 1. The van der Waals surface area contributed by atoms with Crippen LogP contribution in [0.5, 0.6) is 0 Å². The second kappa shape index (κ2) is 7.42. The van der Waals surface area contributed by atoms with Crippen molar-refractivity contribution in [2.45, 2.75) is 58.2 Å². The highest BCUT2D eigenvalue weighted by Gasteiger charge is 2.33. The molecule has 0 spiro atoms. The van der Waals surface area contributed by atoms with Crippen LogP contribution in [0.1, 0.15) is 50.4 Å². The van der Waals surface area contributed by atoms with Crippen LogP contribution in [0, 0.1) is 10.1 Å². The maximum Gasteiger partial charge on any atom is 0.338 e. The van der Waals surface area contributed by atoms with Crippen molar-refractivity contribution in [3.63, 3.8) is 0 Å². The molecule has 0 saturated carbocycles. The van der Waals surface area contributed by atoms with Crippen molar-refractivity contribution < 1.29 is 19.2 Å². The van der Waals surface area contributed by atoms with Crippen molar-refractivity contribution in [1.82, 2.24) is 4.90 Å². The molecule has 0 radical (unpaired) electrons. The summed E-state index contributed by atoms with van der Waals surface area (Å²) in [5, 5.41) is 10.6. The van der Waals surface area contributed by atoms with E-state index in [1.165, 1.54) is 24.3 Å². The molecule has 0 unspecified atom stereocenters. The van der Waals surface area contributed by atoms with Gasteiger partial charge in [-0.15, -0.1) is 0 Å². The number of nitrogens with zero attached hydrogens (tertiary/aromatic N) is 2. The number of hydrogen-bond acceptors (Lipinski definition) is 5. The number of rotatable bonds is 4. The van der Waals surface area contributed by atoms with E-state index in [4.69, 9.17) is 4.74 Å². The number of esters is 1. The second-order valence-corrected chi connectivity index (χ2v) is 6.23. The van der Waals surface area contributed by atoms with Crippen molar-refractivity contribution in [3.8, 4) is 0 Å². The Kier molecular flexibility index (Phi) is 5.54. The summed E-state index contributed by atoms with van der Waals surface area (Å²) in [6, 6.07) is 5.37. The normalized spacial score (nSPS) is 21.9. The number of amides is 1. The zero-order chi connectivity index (χ0) is 17.9. The molecule has 2 rings (SSSR count). The average molecular weight is 334 g/mol. The Morgan fingerprint density at radius 3 is 2.25 bits per heavy atom. The molecule has 3 atom stereocenters. The number of nitro benzene ring substituents is 1. The first-order valence-corrected chi connectivity index (χ1v) is 8.09. The minimum atomic E-state index is -0.893. The Hall–Kier alpha value is -2.44. The maximum atomic E-state index is 12.6. The van der Waals surface area contributed by atoms with Crippen LogP contribution in [-0.4, -0.2) is 39.9 Å². The lowest BCUT2D eigenvalue weighted by Crippen LogP contribution is -2.51. The van der Waals surface area contributed by atoms with Gasteiger partial charge in [0.15, 0.2) is 6.10 Å². The molecule has 130 valence electrons. The smallest absolute Gasteiger partial charge is 0.338 e. The van der Waals surface area contributed by atoms with E-state index in [1.54, 1.807) is 11.8 Å². The first-order valence-electron chi connectivity index (χ1n) is 8.09. The molecule has 1 fully saturated rings. The van der Waals surface area contributed by atoms with Gasteiger partial charge in [0.25, 0.3) is 11.6 Å². The number of ether oxygens (including phenoxy) is 1. The van der Waals surface area contributed by atoms with E-state index in [2.05, 4.69) is 0 Å². The lowest BCUT2D eigenvalue weighted by atomic mass is 9.97. The van der Waals surface area contributed by atoms with E-state index in [1.807, 2.05) is 13.8 Å². The molecule has 7 nitrogen and oxygen atoms in total. The molecule has 1 amide bonds. The van der Waals surface area contributed by atoms with E-state index in [-0.39, 0.29) is 29.2 Å². The molecule has 1 aromatic rings. The van der Waals surface area contributed by atoms with Crippen molar-refractivity contribution in [3.05, 3.63) is 39.9 Å².